The molecule has 0 bridgehead atoms. The van der Waals surface area contributed by atoms with Crippen LogP contribution >= 0.6 is 15.9 Å². The monoisotopic (exact) mass is 386 g/mol. The third-order valence-electron chi connectivity index (χ3n) is 3.63. The highest BCUT2D eigenvalue weighted by Gasteiger charge is 2.13. The van der Waals surface area contributed by atoms with Crippen molar-refractivity contribution in [2.75, 3.05) is 0 Å². The maximum absolute atomic E-state index is 12.1. The number of aryl methyl sites for hydroxylation is 2. The highest BCUT2D eigenvalue weighted by atomic mass is 79.9. The van der Waals surface area contributed by atoms with E-state index in [2.05, 4.69) is 26.1 Å². The molecule has 0 radical (unpaired) electrons. The zero-order valence-corrected chi connectivity index (χ0v) is 14.8. The van der Waals surface area contributed by atoms with Crippen molar-refractivity contribution in [3.8, 4) is 11.5 Å². The van der Waals surface area contributed by atoms with Crippen LogP contribution < -0.4 is 0 Å². The topological polar surface area (TPSA) is 65.2 Å². The predicted octanol–water partition coefficient (Wildman–Crippen LogP) is 4.47. The molecule has 1 heterocycles. The van der Waals surface area contributed by atoms with Gasteiger partial charge in [-0.3, -0.25) is 0 Å². The number of nitrogens with zero attached hydrogens (tertiary/aromatic N) is 2. The molecule has 122 valence electrons. The second-order valence-electron chi connectivity index (χ2n) is 5.38. The summed E-state index contributed by atoms with van der Waals surface area (Å²) < 4.78 is 11.7. The molecule has 24 heavy (non-hydrogen) atoms. The van der Waals surface area contributed by atoms with Gasteiger partial charge >= 0.3 is 5.97 Å². The molecule has 0 N–H and O–H groups in total. The molecule has 3 aromatic rings. The molecule has 0 spiro atoms. The van der Waals surface area contributed by atoms with Gasteiger partial charge in [0.2, 0.25) is 5.89 Å². The van der Waals surface area contributed by atoms with Crippen molar-refractivity contribution in [2.45, 2.75) is 20.5 Å². The normalized spacial score (nSPS) is 10.6. The van der Waals surface area contributed by atoms with Gasteiger partial charge in [0.25, 0.3) is 5.89 Å². The van der Waals surface area contributed by atoms with Gasteiger partial charge in [-0.2, -0.15) is 0 Å². The lowest BCUT2D eigenvalue weighted by Crippen LogP contribution is -2.06. The number of halogens is 1. The Balaban J connectivity index is 1.65. The van der Waals surface area contributed by atoms with Gasteiger partial charge in [0.05, 0.1) is 5.56 Å². The van der Waals surface area contributed by atoms with Gasteiger partial charge in [-0.1, -0.05) is 22.0 Å². The van der Waals surface area contributed by atoms with Crippen molar-refractivity contribution in [3.05, 3.63) is 69.5 Å². The minimum absolute atomic E-state index is 0.0602. The minimum Gasteiger partial charge on any atom is -0.452 e. The fourth-order valence-electron chi connectivity index (χ4n) is 2.10. The summed E-state index contributed by atoms with van der Waals surface area (Å²) >= 11 is 3.37. The predicted molar refractivity (Wildman–Crippen MR) is 92.5 cm³/mol. The van der Waals surface area contributed by atoms with E-state index in [-0.39, 0.29) is 12.5 Å². The van der Waals surface area contributed by atoms with Crippen LogP contribution in [0.5, 0.6) is 0 Å². The molecule has 0 aliphatic rings. The first-order valence-corrected chi connectivity index (χ1v) is 8.15. The number of ether oxygens (including phenoxy) is 1. The first-order valence-electron chi connectivity index (χ1n) is 7.35. The summed E-state index contributed by atoms with van der Waals surface area (Å²) in [4.78, 5) is 12.1. The highest BCUT2D eigenvalue weighted by Crippen LogP contribution is 2.21. The van der Waals surface area contributed by atoms with Crippen LogP contribution in [0.4, 0.5) is 0 Å². The van der Waals surface area contributed by atoms with Crippen molar-refractivity contribution in [3.63, 3.8) is 0 Å². The zero-order valence-electron chi connectivity index (χ0n) is 13.2. The molecule has 2 aromatic carbocycles. The molecule has 1 aromatic heterocycles. The molecule has 5 nitrogen and oxygen atoms in total. The summed E-state index contributed by atoms with van der Waals surface area (Å²) in [7, 11) is 0. The Morgan fingerprint density at radius 2 is 1.83 bits per heavy atom. The summed E-state index contributed by atoms with van der Waals surface area (Å²) in [6, 6.07) is 12.9. The lowest BCUT2D eigenvalue weighted by molar-refractivity contribution is 0.0438. The van der Waals surface area contributed by atoms with Crippen molar-refractivity contribution < 1.29 is 13.9 Å². The lowest BCUT2D eigenvalue weighted by Gasteiger charge is -2.04. The summed E-state index contributed by atoms with van der Waals surface area (Å²) in [6.45, 7) is 3.89. The van der Waals surface area contributed by atoms with Gasteiger partial charge in [-0.05, 0) is 61.4 Å². The number of carbonyl (C=O) groups is 1. The Labute approximate surface area is 147 Å². The van der Waals surface area contributed by atoms with Gasteiger partial charge in [0.1, 0.15) is 0 Å². The van der Waals surface area contributed by atoms with Gasteiger partial charge in [-0.25, -0.2) is 4.79 Å². The van der Waals surface area contributed by atoms with Crippen LogP contribution in [0.3, 0.4) is 0 Å². The molecule has 0 aliphatic carbocycles. The second kappa shape index (κ2) is 6.97. The molecule has 0 aliphatic heterocycles. The quantitative estimate of drug-likeness (QED) is 0.618. The number of rotatable bonds is 4. The first kappa shape index (κ1) is 16.4. The van der Waals surface area contributed by atoms with E-state index in [1.54, 1.807) is 12.1 Å². The molecule has 0 unspecified atom stereocenters. The van der Waals surface area contributed by atoms with Crippen LogP contribution in [0, 0.1) is 13.8 Å². The van der Waals surface area contributed by atoms with E-state index in [1.165, 1.54) is 0 Å². The van der Waals surface area contributed by atoms with E-state index < -0.39 is 5.97 Å². The molecular weight excluding hydrogens is 372 g/mol. The maximum atomic E-state index is 12.1. The van der Waals surface area contributed by atoms with Crippen LogP contribution in [0.15, 0.2) is 51.4 Å². The third kappa shape index (κ3) is 3.71. The number of hydrogen-bond donors (Lipinski definition) is 0. The number of aromatic nitrogens is 2. The fourth-order valence-corrected chi connectivity index (χ4v) is 2.36. The Hall–Kier alpha value is -2.47. The summed E-state index contributed by atoms with van der Waals surface area (Å²) in [5.74, 6) is 0.228. The first-order chi connectivity index (χ1) is 11.5. The number of hydrogen-bond acceptors (Lipinski definition) is 5. The molecular formula is C18H15BrN2O3. The van der Waals surface area contributed by atoms with Gasteiger partial charge in [0.15, 0.2) is 6.61 Å². The number of benzene rings is 2. The average Bonchev–Trinajstić information content (AvgIpc) is 3.05. The molecule has 6 heteroatoms. The Kier molecular flexibility index (Phi) is 4.76. The van der Waals surface area contributed by atoms with Crippen molar-refractivity contribution in [1.82, 2.24) is 10.2 Å². The van der Waals surface area contributed by atoms with Gasteiger partial charge < -0.3 is 9.15 Å². The van der Waals surface area contributed by atoms with Crippen LogP contribution in [0.2, 0.25) is 0 Å². The minimum atomic E-state index is -0.415. The molecule has 0 saturated carbocycles. The van der Waals surface area contributed by atoms with Crippen LogP contribution in [0.1, 0.15) is 27.4 Å². The second-order valence-corrected chi connectivity index (χ2v) is 6.30. The Morgan fingerprint density at radius 1 is 1.08 bits per heavy atom. The fraction of sp³-hybridized carbons (Fsp3) is 0.167. The van der Waals surface area contributed by atoms with E-state index in [9.17, 15) is 4.79 Å². The van der Waals surface area contributed by atoms with Crippen LogP contribution in [0.25, 0.3) is 11.5 Å². The molecule has 0 saturated heterocycles. The maximum Gasteiger partial charge on any atom is 0.338 e. The molecule has 0 fully saturated rings. The lowest BCUT2D eigenvalue weighted by atomic mass is 10.1. The SMILES string of the molecule is Cc1ccc(C(=O)OCc2nnc(-c3ccc(Br)cc3)o2)cc1C. The molecule has 0 amide bonds. The van der Waals surface area contributed by atoms with E-state index in [0.29, 0.717) is 11.5 Å². The van der Waals surface area contributed by atoms with Crippen LogP contribution in [-0.2, 0) is 11.3 Å². The van der Waals surface area contributed by atoms with E-state index >= 15 is 0 Å². The summed E-state index contributed by atoms with van der Waals surface area (Å²) in [6.07, 6.45) is 0. The van der Waals surface area contributed by atoms with Gasteiger partial charge in [0, 0.05) is 10.0 Å². The van der Waals surface area contributed by atoms with Gasteiger partial charge in [-0.15, -0.1) is 10.2 Å². The van der Waals surface area contributed by atoms with E-state index in [0.717, 1.165) is 21.2 Å². The highest BCUT2D eigenvalue weighted by molar-refractivity contribution is 9.10. The van der Waals surface area contributed by atoms with Crippen molar-refractivity contribution in [2.24, 2.45) is 0 Å². The Bertz CT molecular complexity index is 872. The van der Waals surface area contributed by atoms with Crippen molar-refractivity contribution >= 4 is 21.9 Å². The van der Waals surface area contributed by atoms with E-state index in [4.69, 9.17) is 9.15 Å². The standard InChI is InChI=1S/C18H15BrN2O3/c1-11-3-4-14(9-12(11)2)18(22)23-10-16-20-21-17(24-16)13-5-7-15(19)8-6-13/h3-9H,10H2,1-2H3. The molecule has 3 rings (SSSR count). The van der Waals surface area contributed by atoms with Crippen molar-refractivity contribution in [1.29, 1.82) is 0 Å². The third-order valence-corrected chi connectivity index (χ3v) is 4.16. The molecule has 0 atom stereocenters. The smallest absolute Gasteiger partial charge is 0.338 e. The van der Waals surface area contributed by atoms with E-state index in [1.807, 2.05) is 44.2 Å². The number of carbonyl (C=O) groups excluding carboxylic acids is 1. The zero-order chi connectivity index (χ0) is 17.1. The largest absolute Gasteiger partial charge is 0.452 e. The average molecular weight is 387 g/mol. The van der Waals surface area contributed by atoms with Crippen LogP contribution in [-0.4, -0.2) is 16.2 Å². The summed E-state index contributed by atoms with van der Waals surface area (Å²) in [5.41, 5.74) is 3.48. The summed E-state index contributed by atoms with van der Waals surface area (Å²) in [5, 5.41) is 7.88. The Morgan fingerprint density at radius 3 is 2.54 bits per heavy atom. The number of esters is 1.